The van der Waals surface area contributed by atoms with Crippen molar-refractivity contribution in [2.45, 2.75) is 45.3 Å². The first-order valence-corrected chi connectivity index (χ1v) is 6.34. The summed E-state index contributed by atoms with van der Waals surface area (Å²) in [4.78, 5) is 12.3. The summed E-state index contributed by atoms with van der Waals surface area (Å²) in [5, 5.41) is 0. The Labute approximate surface area is 102 Å². The Morgan fingerprint density at radius 3 is 2.76 bits per heavy atom. The minimum atomic E-state index is 0.181. The molecule has 0 bridgehead atoms. The van der Waals surface area contributed by atoms with Crippen LogP contribution in [0.3, 0.4) is 0 Å². The maximum atomic E-state index is 12.3. The molecule has 1 aromatic heterocycles. The Balaban J connectivity index is 2.16. The lowest BCUT2D eigenvalue weighted by molar-refractivity contribution is 0.00507. The molecule has 1 fully saturated rings. The number of hydrogen-bond donors (Lipinski definition) is 0. The Bertz CT molecular complexity index is 430. The highest BCUT2D eigenvalue weighted by atomic mass is 16.5. The van der Waals surface area contributed by atoms with Crippen molar-refractivity contribution < 1.29 is 4.74 Å². The van der Waals surface area contributed by atoms with Gasteiger partial charge in [0.15, 0.2) is 0 Å². The van der Waals surface area contributed by atoms with Gasteiger partial charge in [-0.2, -0.15) is 0 Å². The Kier molecular flexibility index (Phi) is 3.67. The van der Waals surface area contributed by atoms with Crippen LogP contribution < -0.4 is 5.56 Å². The predicted octanol–water partition coefficient (Wildman–Crippen LogP) is 2.40. The molecule has 1 aliphatic rings. The topological polar surface area (TPSA) is 31.2 Å². The fourth-order valence-corrected chi connectivity index (χ4v) is 2.40. The van der Waals surface area contributed by atoms with E-state index < -0.39 is 0 Å². The molecule has 0 atom stereocenters. The van der Waals surface area contributed by atoms with Gasteiger partial charge in [0.1, 0.15) is 0 Å². The van der Waals surface area contributed by atoms with Crippen LogP contribution in [0.15, 0.2) is 23.1 Å². The molecule has 2 rings (SSSR count). The van der Waals surface area contributed by atoms with Gasteiger partial charge in [0.25, 0.3) is 5.56 Å². The molecule has 0 amide bonds. The molecule has 17 heavy (non-hydrogen) atoms. The van der Waals surface area contributed by atoms with E-state index in [9.17, 15) is 4.79 Å². The lowest BCUT2D eigenvalue weighted by atomic mass is 9.88. The number of rotatable bonds is 4. The molecule has 1 aliphatic carbocycles. The van der Waals surface area contributed by atoms with Gasteiger partial charge in [-0.1, -0.05) is 19.9 Å². The monoisotopic (exact) mass is 235 g/mol. The number of pyridine rings is 1. The van der Waals surface area contributed by atoms with Crippen molar-refractivity contribution in [1.29, 1.82) is 0 Å². The SMILES string of the molecule is COC1CC(n2cccc(CC(C)C)c2=O)C1. The minimum Gasteiger partial charge on any atom is -0.381 e. The molecule has 0 aliphatic heterocycles. The molecule has 3 nitrogen and oxygen atoms in total. The standard InChI is InChI=1S/C14H21NO2/c1-10(2)7-11-5-4-6-15(14(11)16)12-8-13(9-12)17-3/h4-6,10,12-13H,7-9H2,1-3H3. The molecule has 0 saturated heterocycles. The molecule has 0 spiro atoms. The van der Waals surface area contributed by atoms with Crippen LogP contribution >= 0.6 is 0 Å². The van der Waals surface area contributed by atoms with Crippen LogP contribution in [0.2, 0.25) is 0 Å². The normalized spacial score (nSPS) is 23.8. The number of methoxy groups -OCH3 is 1. The van der Waals surface area contributed by atoms with Gasteiger partial charge in [-0.05, 0) is 31.2 Å². The van der Waals surface area contributed by atoms with E-state index in [1.807, 2.05) is 22.9 Å². The van der Waals surface area contributed by atoms with Gasteiger partial charge in [-0.25, -0.2) is 0 Å². The van der Waals surface area contributed by atoms with Gasteiger partial charge in [0.2, 0.25) is 0 Å². The van der Waals surface area contributed by atoms with Crippen LogP contribution in [-0.4, -0.2) is 17.8 Å². The summed E-state index contributed by atoms with van der Waals surface area (Å²) in [6.45, 7) is 4.28. The highest BCUT2D eigenvalue weighted by Gasteiger charge is 2.31. The number of nitrogens with zero attached hydrogens (tertiary/aromatic N) is 1. The highest BCUT2D eigenvalue weighted by molar-refractivity contribution is 5.12. The average molecular weight is 235 g/mol. The average Bonchev–Trinajstić information content (AvgIpc) is 2.21. The third-order valence-corrected chi connectivity index (χ3v) is 3.48. The zero-order chi connectivity index (χ0) is 12.4. The van der Waals surface area contributed by atoms with E-state index in [-0.39, 0.29) is 5.56 Å². The first-order chi connectivity index (χ1) is 8.11. The fourth-order valence-electron chi connectivity index (χ4n) is 2.40. The van der Waals surface area contributed by atoms with Crippen LogP contribution in [0.5, 0.6) is 0 Å². The van der Waals surface area contributed by atoms with E-state index in [4.69, 9.17) is 4.74 Å². The molecule has 0 aromatic carbocycles. The van der Waals surface area contributed by atoms with E-state index in [2.05, 4.69) is 13.8 Å². The third kappa shape index (κ3) is 2.60. The minimum absolute atomic E-state index is 0.181. The molecule has 0 N–H and O–H groups in total. The van der Waals surface area contributed by atoms with Crippen molar-refractivity contribution in [3.05, 3.63) is 34.2 Å². The van der Waals surface area contributed by atoms with Gasteiger partial charge in [-0.3, -0.25) is 4.79 Å². The first-order valence-electron chi connectivity index (χ1n) is 6.34. The van der Waals surface area contributed by atoms with Gasteiger partial charge in [0, 0.05) is 24.9 Å². The Morgan fingerprint density at radius 1 is 1.47 bits per heavy atom. The van der Waals surface area contributed by atoms with E-state index in [1.54, 1.807) is 7.11 Å². The molecular weight excluding hydrogens is 214 g/mol. The van der Waals surface area contributed by atoms with E-state index in [0.29, 0.717) is 18.1 Å². The first kappa shape index (κ1) is 12.4. The summed E-state index contributed by atoms with van der Waals surface area (Å²) in [6.07, 6.45) is 5.02. The molecule has 94 valence electrons. The van der Waals surface area contributed by atoms with Gasteiger partial charge in [0.05, 0.1) is 6.10 Å². The van der Waals surface area contributed by atoms with Crippen LogP contribution in [-0.2, 0) is 11.2 Å². The van der Waals surface area contributed by atoms with Crippen molar-refractivity contribution >= 4 is 0 Å². The summed E-state index contributed by atoms with van der Waals surface area (Å²) >= 11 is 0. The Hall–Kier alpha value is -1.09. The Morgan fingerprint density at radius 2 is 2.18 bits per heavy atom. The quantitative estimate of drug-likeness (QED) is 0.802. The second-order valence-corrected chi connectivity index (χ2v) is 5.33. The van der Waals surface area contributed by atoms with E-state index in [0.717, 1.165) is 24.8 Å². The summed E-state index contributed by atoms with van der Waals surface area (Å²) in [5.74, 6) is 0.520. The predicted molar refractivity (Wildman–Crippen MR) is 68.3 cm³/mol. The van der Waals surface area contributed by atoms with E-state index >= 15 is 0 Å². The molecule has 1 saturated carbocycles. The van der Waals surface area contributed by atoms with Crippen LogP contribution in [0.25, 0.3) is 0 Å². The summed E-state index contributed by atoms with van der Waals surface area (Å²) < 4.78 is 7.14. The largest absolute Gasteiger partial charge is 0.381 e. The van der Waals surface area contributed by atoms with Crippen LogP contribution in [0.4, 0.5) is 0 Å². The molecular formula is C14H21NO2. The zero-order valence-electron chi connectivity index (χ0n) is 10.8. The van der Waals surface area contributed by atoms with E-state index in [1.165, 1.54) is 0 Å². The molecule has 1 heterocycles. The lowest BCUT2D eigenvalue weighted by Gasteiger charge is -2.35. The van der Waals surface area contributed by atoms with Gasteiger partial charge >= 0.3 is 0 Å². The van der Waals surface area contributed by atoms with Crippen LogP contribution in [0, 0.1) is 5.92 Å². The lowest BCUT2D eigenvalue weighted by Crippen LogP contribution is -2.38. The number of hydrogen-bond acceptors (Lipinski definition) is 2. The van der Waals surface area contributed by atoms with Gasteiger partial charge in [-0.15, -0.1) is 0 Å². The van der Waals surface area contributed by atoms with Crippen molar-refractivity contribution in [3.63, 3.8) is 0 Å². The molecule has 0 unspecified atom stereocenters. The van der Waals surface area contributed by atoms with Crippen molar-refractivity contribution in [2.75, 3.05) is 7.11 Å². The second kappa shape index (κ2) is 5.05. The molecule has 0 radical (unpaired) electrons. The number of aromatic nitrogens is 1. The molecule has 1 aromatic rings. The molecule has 3 heteroatoms. The maximum absolute atomic E-state index is 12.3. The smallest absolute Gasteiger partial charge is 0.253 e. The van der Waals surface area contributed by atoms with Crippen molar-refractivity contribution in [2.24, 2.45) is 5.92 Å². The van der Waals surface area contributed by atoms with Crippen LogP contribution in [0.1, 0.15) is 38.3 Å². The summed E-state index contributed by atoms with van der Waals surface area (Å²) in [7, 11) is 1.73. The highest BCUT2D eigenvalue weighted by Crippen LogP contribution is 2.32. The van der Waals surface area contributed by atoms with Gasteiger partial charge < -0.3 is 9.30 Å². The van der Waals surface area contributed by atoms with Crippen molar-refractivity contribution in [3.8, 4) is 0 Å². The summed E-state index contributed by atoms with van der Waals surface area (Å²) in [6, 6.07) is 4.27. The number of ether oxygens (including phenoxy) is 1. The third-order valence-electron chi connectivity index (χ3n) is 3.48. The maximum Gasteiger partial charge on any atom is 0.253 e. The zero-order valence-corrected chi connectivity index (χ0v) is 10.8. The van der Waals surface area contributed by atoms with Crippen molar-refractivity contribution in [1.82, 2.24) is 4.57 Å². The second-order valence-electron chi connectivity index (χ2n) is 5.33. The fraction of sp³-hybridized carbons (Fsp3) is 0.643. The summed E-state index contributed by atoms with van der Waals surface area (Å²) in [5.41, 5.74) is 1.11.